The summed E-state index contributed by atoms with van der Waals surface area (Å²) < 4.78 is 29.8. The zero-order valence-electron chi connectivity index (χ0n) is 15.8. The first-order valence-electron chi connectivity index (χ1n) is 8.96. The molecule has 1 amide bonds. The second-order valence-corrected chi connectivity index (χ2v) is 7.28. The highest BCUT2D eigenvalue weighted by Crippen LogP contribution is 2.27. The van der Waals surface area contributed by atoms with Gasteiger partial charge in [0.1, 0.15) is 11.6 Å². The van der Waals surface area contributed by atoms with E-state index in [9.17, 15) is 23.1 Å². The molecule has 0 aliphatic carbocycles. The van der Waals surface area contributed by atoms with Crippen LogP contribution in [0.15, 0.2) is 82.1 Å². The van der Waals surface area contributed by atoms with Crippen molar-refractivity contribution in [2.24, 2.45) is 0 Å². The van der Waals surface area contributed by atoms with Crippen molar-refractivity contribution in [3.8, 4) is 5.75 Å². The molecule has 156 valence electrons. The van der Waals surface area contributed by atoms with Gasteiger partial charge in [-0.05, 0) is 42.5 Å². The van der Waals surface area contributed by atoms with Gasteiger partial charge in [0.2, 0.25) is 10.9 Å². The third kappa shape index (κ3) is 4.23. The van der Waals surface area contributed by atoms with Gasteiger partial charge in [-0.15, -0.1) is 0 Å². The molecule has 9 nitrogen and oxygen atoms in total. The molecule has 4 rings (SSSR count). The molecule has 0 bridgehead atoms. The number of phenols is 1. The highest BCUT2D eigenvalue weighted by atomic mass is 32.2. The number of phenolic OH excluding ortho intramolecular Hbond substituents is 1. The standard InChI is InChI=1S/C21H15N3O6S/c25-16-7-5-15(6-8-16)24(31(28)29)18-12-14(10-11-22-18)23-21(27)17-3-1-2-13-4-9-19(26)30-20(13)17/h1-12,25,31H,(H,22,23,27). The van der Waals surface area contributed by atoms with Crippen LogP contribution in [0, 0.1) is 0 Å². The van der Waals surface area contributed by atoms with E-state index in [2.05, 4.69) is 10.3 Å². The number of para-hydroxylation sites is 1. The minimum Gasteiger partial charge on any atom is -0.508 e. The van der Waals surface area contributed by atoms with Gasteiger partial charge in [0, 0.05) is 29.4 Å². The Bertz CT molecular complexity index is 1400. The van der Waals surface area contributed by atoms with Crippen LogP contribution in [-0.2, 0) is 10.9 Å². The maximum Gasteiger partial charge on any atom is 0.336 e. The van der Waals surface area contributed by atoms with Gasteiger partial charge in [0.05, 0.1) is 11.3 Å². The first-order valence-corrected chi connectivity index (χ1v) is 10.1. The third-order valence-corrected chi connectivity index (χ3v) is 5.13. The number of anilines is 3. The molecule has 2 aromatic heterocycles. The van der Waals surface area contributed by atoms with Crippen LogP contribution in [0.25, 0.3) is 11.0 Å². The van der Waals surface area contributed by atoms with Gasteiger partial charge in [-0.3, -0.25) is 4.79 Å². The number of carbonyl (C=O) groups excluding carboxylic acids is 1. The number of aromatic nitrogens is 1. The lowest BCUT2D eigenvalue weighted by Gasteiger charge is -2.17. The van der Waals surface area contributed by atoms with E-state index in [1.807, 2.05) is 0 Å². The van der Waals surface area contributed by atoms with Crippen LogP contribution >= 0.6 is 0 Å². The number of hydrogen-bond donors (Lipinski definition) is 3. The Morgan fingerprint density at radius 2 is 1.81 bits per heavy atom. The van der Waals surface area contributed by atoms with Gasteiger partial charge >= 0.3 is 5.63 Å². The molecule has 2 N–H and O–H groups in total. The number of nitrogens with zero attached hydrogens (tertiary/aromatic N) is 2. The van der Waals surface area contributed by atoms with Crippen molar-refractivity contribution >= 4 is 45.0 Å². The van der Waals surface area contributed by atoms with Crippen molar-refractivity contribution in [3.05, 3.63) is 88.9 Å². The number of pyridine rings is 1. The maximum atomic E-state index is 12.8. The van der Waals surface area contributed by atoms with Crippen LogP contribution in [0.3, 0.4) is 0 Å². The van der Waals surface area contributed by atoms with E-state index in [-0.39, 0.29) is 34.1 Å². The molecule has 2 aromatic carbocycles. The van der Waals surface area contributed by atoms with E-state index in [0.29, 0.717) is 5.39 Å². The maximum absolute atomic E-state index is 12.8. The SMILES string of the molecule is O=C(Nc1ccnc(N(c2ccc(O)cc2)[SH](=O)=O)c1)c1cccc2ccc(=O)oc12. The minimum atomic E-state index is -3.10. The second kappa shape index (κ2) is 8.28. The van der Waals surface area contributed by atoms with Gasteiger partial charge in [0.25, 0.3) is 5.91 Å². The Morgan fingerprint density at radius 3 is 2.55 bits per heavy atom. The summed E-state index contributed by atoms with van der Waals surface area (Å²) in [5.41, 5.74) is 0.267. The van der Waals surface area contributed by atoms with Crippen LogP contribution in [-0.4, -0.2) is 24.4 Å². The van der Waals surface area contributed by atoms with E-state index in [0.717, 1.165) is 4.31 Å². The molecule has 2 heterocycles. The summed E-state index contributed by atoms with van der Waals surface area (Å²) in [6, 6.07) is 16.1. The molecular formula is C21H15N3O6S. The van der Waals surface area contributed by atoms with E-state index in [1.54, 1.807) is 18.2 Å². The predicted molar refractivity (Wildman–Crippen MR) is 115 cm³/mol. The molecule has 0 saturated carbocycles. The quantitative estimate of drug-likeness (QED) is 0.323. The fourth-order valence-electron chi connectivity index (χ4n) is 2.99. The number of fused-ring (bicyclic) bond motifs is 1. The topological polar surface area (TPSA) is 130 Å². The monoisotopic (exact) mass is 437 g/mol. The van der Waals surface area contributed by atoms with Crippen molar-refractivity contribution in [1.29, 1.82) is 0 Å². The normalized spacial score (nSPS) is 10.9. The molecule has 0 unspecified atom stereocenters. The highest BCUT2D eigenvalue weighted by molar-refractivity contribution is 7.74. The molecule has 0 spiro atoms. The minimum absolute atomic E-state index is 0.0134. The molecule has 0 aliphatic heterocycles. The zero-order chi connectivity index (χ0) is 22.0. The summed E-state index contributed by atoms with van der Waals surface area (Å²) >= 11 is 0. The van der Waals surface area contributed by atoms with Crippen molar-refractivity contribution in [1.82, 2.24) is 4.98 Å². The Labute approximate surface area is 177 Å². The number of thiol groups is 1. The summed E-state index contributed by atoms with van der Waals surface area (Å²) in [6.45, 7) is 0. The van der Waals surface area contributed by atoms with Gasteiger partial charge < -0.3 is 14.8 Å². The Kier molecular flexibility index (Phi) is 5.37. The number of rotatable bonds is 5. The van der Waals surface area contributed by atoms with Crippen molar-refractivity contribution in [2.75, 3.05) is 9.62 Å². The molecule has 0 radical (unpaired) electrons. The highest BCUT2D eigenvalue weighted by Gasteiger charge is 2.16. The van der Waals surface area contributed by atoms with E-state index >= 15 is 0 Å². The molecule has 0 aliphatic rings. The van der Waals surface area contributed by atoms with Crippen molar-refractivity contribution in [3.63, 3.8) is 0 Å². The third-order valence-electron chi connectivity index (χ3n) is 4.37. The first-order chi connectivity index (χ1) is 14.9. The summed E-state index contributed by atoms with van der Waals surface area (Å²) in [6.07, 6.45) is 1.35. The number of carbonyl (C=O) groups is 1. The van der Waals surface area contributed by atoms with E-state index in [4.69, 9.17) is 4.42 Å². The van der Waals surface area contributed by atoms with Gasteiger partial charge in [-0.1, -0.05) is 12.1 Å². The van der Waals surface area contributed by atoms with E-state index < -0.39 is 22.4 Å². The molecule has 0 saturated heterocycles. The molecule has 31 heavy (non-hydrogen) atoms. The zero-order valence-corrected chi connectivity index (χ0v) is 16.7. The Morgan fingerprint density at radius 1 is 1.03 bits per heavy atom. The van der Waals surface area contributed by atoms with Gasteiger partial charge in [-0.2, -0.15) is 0 Å². The van der Waals surface area contributed by atoms with Gasteiger partial charge in [-0.25, -0.2) is 22.5 Å². The summed E-state index contributed by atoms with van der Waals surface area (Å²) in [7, 11) is -3.10. The number of benzene rings is 2. The average Bonchev–Trinajstić information content (AvgIpc) is 2.75. The lowest BCUT2D eigenvalue weighted by molar-refractivity contribution is 0.102. The van der Waals surface area contributed by atoms with Crippen LogP contribution in [0.4, 0.5) is 17.2 Å². The molecule has 0 atom stereocenters. The number of aromatic hydroxyl groups is 1. The predicted octanol–water partition coefficient (Wildman–Crippen LogP) is 2.81. The van der Waals surface area contributed by atoms with Crippen LogP contribution < -0.4 is 15.2 Å². The largest absolute Gasteiger partial charge is 0.508 e. The smallest absolute Gasteiger partial charge is 0.336 e. The fourth-order valence-corrected chi connectivity index (χ4v) is 3.58. The number of amides is 1. The van der Waals surface area contributed by atoms with Crippen LogP contribution in [0.5, 0.6) is 5.75 Å². The lowest BCUT2D eigenvalue weighted by atomic mass is 10.1. The molecule has 4 aromatic rings. The summed E-state index contributed by atoms with van der Waals surface area (Å²) in [5.74, 6) is -0.510. The van der Waals surface area contributed by atoms with Crippen LogP contribution in [0.1, 0.15) is 10.4 Å². The van der Waals surface area contributed by atoms with Crippen molar-refractivity contribution < 1.29 is 22.7 Å². The average molecular weight is 437 g/mol. The number of hydrogen-bond acceptors (Lipinski definition) is 7. The fraction of sp³-hybridized carbons (Fsp3) is 0. The first kappa shape index (κ1) is 20.1. The second-order valence-electron chi connectivity index (χ2n) is 6.40. The summed E-state index contributed by atoms with van der Waals surface area (Å²) in [5, 5.41) is 12.7. The van der Waals surface area contributed by atoms with Gasteiger partial charge in [0.15, 0.2) is 5.58 Å². The number of nitrogens with one attached hydrogen (secondary N) is 1. The van der Waals surface area contributed by atoms with Crippen molar-refractivity contribution in [2.45, 2.75) is 0 Å². The molecular weight excluding hydrogens is 422 g/mol. The molecule has 10 heteroatoms. The van der Waals surface area contributed by atoms with E-state index in [1.165, 1.54) is 54.7 Å². The Hall–Kier alpha value is -4.18. The Balaban J connectivity index is 1.67. The lowest BCUT2D eigenvalue weighted by Crippen LogP contribution is -2.17. The van der Waals surface area contributed by atoms with Crippen LogP contribution in [0.2, 0.25) is 0 Å². The molecule has 0 fully saturated rings. The summed E-state index contributed by atoms with van der Waals surface area (Å²) in [4.78, 5) is 28.4.